The molecule has 0 unspecified atom stereocenters. The molecule has 0 aliphatic carbocycles. The Labute approximate surface area is 127 Å². The van der Waals surface area contributed by atoms with E-state index in [1.807, 2.05) is 0 Å². The monoisotopic (exact) mass is 395 g/mol. The van der Waals surface area contributed by atoms with Crippen LogP contribution in [0.25, 0.3) is 0 Å². The van der Waals surface area contributed by atoms with Crippen molar-refractivity contribution in [3.8, 4) is 11.5 Å². The lowest BCUT2D eigenvalue weighted by molar-refractivity contribution is 0.353. The first kappa shape index (κ1) is 15.2. The van der Waals surface area contributed by atoms with E-state index < -0.39 is 0 Å². The van der Waals surface area contributed by atoms with E-state index in [4.69, 9.17) is 15.2 Å². The van der Waals surface area contributed by atoms with Gasteiger partial charge in [-0.2, -0.15) is 5.10 Å². The molecule has 0 radical (unpaired) electrons. The smallest absolute Gasteiger partial charge is 0.184 e. The lowest BCUT2D eigenvalue weighted by Gasteiger charge is -2.12. The number of benzene rings is 1. The summed E-state index contributed by atoms with van der Waals surface area (Å²) >= 11 is 11.5. The van der Waals surface area contributed by atoms with Crippen molar-refractivity contribution in [1.29, 1.82) is 0 Å². The van der Waals surface area contributed by atoms with Crippen LogP contribution in [-0.4, -0.2) is 25.5 Å². The van der Waals surface area contributed by atoms with Crippen molar-refractivity contribution >= 4 is 55.4 Å². The maximum absolute atomic E-state index is 5.27. The Hall–Kier alpha value is -0.860. The highest BCUT2D eigenvalue weighted by molar-refractivity contribution is 9.13. The van der Waals surface area contributed by atoms with Gasteiger partial charge in [-0.1, -0.05) is 0 Å². The van der Waals surface area contributed by atoms with Crippen LogP contribution in [0.5, 0.6) is 11.5 Å². The summed E-state index contributed by atoms with van der Waals surface area (Å²) in [4.78, 5) is 0. The highest BCUT2D eigenvalue weighted by atomic mass is 79.9. The molecule has 0 saturated carbocycles. The standard InChI is InChI=1S/C10H11Br2N3O2S/c1-16-6-3-5(4-14-15-10(13)18)7(11)8(12)9(6)17-2/h3-4H,1-2H3,(H3,13,15,18)/b14-4-. The molecule has 1 aromatic rings. The van der Waals surface area contributed by atoms with Gasteiger partial charge >= 0.3 is 0 Å². The van der Waals surface area contributed by atoms with E-state index in [0.717, 1.165) is 14.5 Å². The van der Waals surface area contributed by atoms with Crippen molar-refractivity contribution < 1.29 is 9.47 Å². The molecule has 1 rings (SSSR count). The van der Waals surface area contributed by atoms with Crippen molar-refractivity contribution in [1.82, 2.24) is 5.43 Å². The predicted molar refractivity (Wildman–Crippen MR) is 82.5 cm³/mol. The Kier molecular flexibility index (Phi) is 5.83. The number of hydrogen-bond acceptors (Lipinski definition) is 4. The van der Waals surface area contributed by atoms with Crippen LogP contribution < -0.4 is 20.6 Å². The second-order valence-electron chi connectivity index (χ2n) is 3.06. The van der Waals surface area contributed by atoms with Gasteiger partial charge in [0.1, 0.15) is 0 Å². The summed E-state index contributed by atoms with van der Waals surface area (Å²) in [5.74, 6) is 1.19. The van der Waals surface area contributed by atoms with E-state index >= 15 is 0 Å². The number of nitrogens with zero attached hydrogens (tertiary/aromatic N) is 1. The van der Waals surface area contributed by atoms with E-state index in [1.54, 1.807) is 26.5 Å². The van der Waals surface area contributed by atoms with Crippen molar-refractivity contribution in [2.45, 2.75) is 0 Å². The molecule has 0 atom stereocenters. The van der Waals surface area contributed by atoms with E-state index in [9.17, 15) is 0 Å². The third-order valence-corrected chi connectivity index (χ3v) is 4.19. The second-order valence-corrected chi connectivity index (χ2v) is 5.09. The molecular formula is C10H11Br2N3O2S. The molecule has 0 fully saturated rings. The van der Waals surface area contributed by atoms with Crippen LogP contribution in [0.2, 0.25) is 0 Å². The molecule has 0 heterocycles. The summed E-state index contributed by atoms with van der Waals surface area (Å²) in [7, 11) is 3.13. The molecule has 1 aromatic carbocycles. The van der Waals surface area contributed by atoms with Gasteiger partial charge in [0, 0.05) is 10.0 Å². The average molecular weight is 397 g/mol. The number of halogens is 2. The highest BCUT2D eigenvalue weighted by Crippen LogP contribution is 2.41. The molecule has 8 heteroatoms. The number of hydrogen-bond donors (Lipinski definition) is 2. The fraction of sp³-hybridized carbons (Fsp3) is 0.200. The summed E-state index contributed by atoms with van der Waals surface area (Å²) in [5.41, 5.74) is 8.53. The molecule has 3 N–H and O–H groups in total. The quantitative estimate of drug-likeness (QED) is 0.464. The van der Waals surface area contributed by atoms with E-state index in [2.05, 4.69) is 54.6 Å². The van der Waals surface area contributed by atoms with Gasteiger partial charge in [-0.3, -0.25) is 5.43 Å². The molecule has 18 heavy (non-hydrogen) atoms. The van der Waals surface area contributed by atoms with Gasteiger partial charge in [-0.15, -0.1) is 0 Å². The van der Waals surface area contributed by atoms with Gasteiger partial charge in [0.05, 0.1) is 24.9 Å². The van der Waals surface area contributed by atoms with Gasteiger partial charge in [0.15, 0.2) is 16.6 Å². The molecular weight excluding hydrogens is 386 g/mol. The number of nitrogens with one attached hydrogen (secondary N) is 1. The summed E-state index contributed by atoms with van der Waals surface area (Å²) < 4.78 is 12.0. The van der Waals surface area contributed by atoms with Gasteiger partial charge < -0.3 is 15.2 Å². The molecule has 0 aromatic heterocycles. The third kappa shape index (κ3) is 3.56. The Balaban J connectivity index is 3.17. The fourth-order valence-corrected chi connectivity index (χ4v) is 2.24. The van der Waals surface area contributed by atoms with Crippen molar-refractivity contribution in [3.63, 3.8) is 0 Å². The number of ether oxygens (including phenoxy) is 2. The second kappa shape index (κ2) is 6.91. The van der Waals surface area contributed by atoms with E-state index in [0.29, 0.717) is 11.5 Å². The molecule has 0 spiro atoms. The normalized spacial score (nSPS) is 10.4. The van der Waals surface area contributed by atoms with Gasteiger partial charge in [-0.25, -0.2) is 0 Å². The Morgan fingerprint density at radius 2 is 2.06 bits per heavy atom. The zero-order valence-electron chi connectivity index (χ0n) is 9.66. The lowest BCUT2D eigenvalue weighted by atomic mass is 10.2. The third-order valence-electron chi connectivity index (χ3n) is 1.96. The molecule has 0 aliphatic heterocycles. The Morgan fingerprint density at radius 3 is 2.56 bits per heavy atom. The molecule has 0 saturated heterocycles. The molecule has 0 bridgehead atoms. The van der Waals surface area contributed by atoms with Gasteiger partial charge in [0.2, 0.25) is 0 Å². The number of thiocarbonyl (C=S) groups is 1. The highest BCUT2D eigenvalue weighted by Gasteiger charge is 2.15. The van der Waals surface area contributed by atoms with Crippen molar-refractivity contribution in [3.05, 3.63) is 20.6 Å². The first-order valence-corrected chi connectivity index (χ1v) is 6.69. The summed E-state index contributed by atoms with van der Waals surface area (Å²) in [6, 6.07) is 1.78. The number of hydrazone groups is 1. The number of nitrogens with two attached hydrogens (primary N) is 1. The maximum atomic E-state index is 5.27. The largest absolute Gasteiger partial charge is 0.493 e. The SMILES string of the molecule is COc1cc(/C=N\NC(N)=S)c(Br)c(Br)c1OC. The zero-order valence-corrected chi connectivity index (χ0v) is 13.6. The molecule has 0 amide bonds. The zero-order chi connectivity index (χ0) is 13.7. The summed E-state index contributed by atoms with van der Waals surface area (Å²) in [6.07, 6.45) is 1.57. The summed E-state index contributed by atoms with van der Waals surface area (Å²) in [5, 5.41) is 3.98. The van der Waals surface area contributed by atoms with Crippen LogP contribution in [0, 0.1) is 0 Å². The van der Waals surface area contributed by atoms with Crippen molar-refractivity contribution in [2.24, 2.45) is 10.8 Å². The van der Waals surface area contributed by atoms with Crippen molar-refractivity contribution in [2.75, 3.05) is 14.2 Å². The molecule has 0 aliphatic rings. The van der Waals surface area contributed by atoms with E-state index in [1.165, 1.54) is 0 Å². The first-order chi connectivity index (χ1) is 8.51. The van der Waals surface area contributed by atoms with Crippen LogP contribution in [0.15, 0.2) is 20.1 Å². The van der Waals surface area contributed by atoms with Crippen LogP contribution in [0.3, 0.4) is 0 Å². The average Bonchev–Trinajstić information content (AvgIpc) is 2.33. The van der Waals surface area contributed by atoms with E-state index in [-0.39, 0.29) is 5.11 Å². The first-order valence-electron chi connectivity index (χ1n) is 4.69. The van der Waals surface area contributed by atoms with Crippen LogP contribution in [0.1, 0.15) is 5.56 Å². The minimum absolute atomic E-state index is 0.0990. The Bertz CT molecular complexity index is 495. The topological polar surface area (TPSA) is 68.9 Å². The number of rotatable bonds is 4. The van der Waals surface area contributed by atoms with Crippen LogP contribution in [-0.2, 0) is 0 Å². The van der Waals surface area contributed by atoms with Crippen LogP contribution in [0.4, 0.5) is 0 Å². The summed E-state index contributed by atoms with van der Waals surface area (Å²) in [6.45, 7) is 0. The van der Waals surface area contributed by atoms with Crippen LogP contribution >= 0.6 is 44.1 Å². The van der Waals surface area contributed by atoms with Gasteiger partial charge in [-0.05, 0) is 50.1 Å². The molecule has 5 nitrogen and oxygen atoms in total. The fourth-order valence-electron chi connectivity index (χ4n) is 1.21. The minimum Gasteiger partial charge on any atom is -0.493 e. The lowest BCUT2D eigenvalue weighted by Crippen LogP contribution is -2.24. The molecule has 98 valence electrons. The Morgan fingerprint density at radius 1 is 1.39 bits per heavy atom. The minimum atomic E-state index is 0.0990. The predicted octanol–water partition coefficient (Wildman–Crippen LogP) is 2.40. The van der Waals surface area contributed by atoms with Gasteiger partial charge in [0.25, 0.3) is 0 Å². The number of methoxy groups -OCH3 is 2. The maximum Gasteiger partial charge on any atom is 0.184 e.